The van der Waals surface area contributed by atoms with Crippen molar-refractivity contribution < 1.29 is 4.79 Å². The number of carbonyl (C=O) groups excluding carboxylic acids is 1. The topological polar surface area (TPSA) is 32.3 Å². The van der Waals surface area contributed by atoms with E-state index in [1.54, 1.807) is 0 Å². The predicted molar refractivity (Wildman–Crippen MR) is 60.6 cm³/mol. The molecule has 15 heavy (non-hydrogen) atoms. The first-order chi connectivity index (χ1) is 7.31. The van der Waals surface area contributed by atoms with Crippen LogP contribution in [0.1, 0.15) is 32.1 Å². The normalized spacial score (nSPS) is 30.3. The quantitative estimate of drug-likeness (QED) is 0.760. The van der Waals surface area contributed by atoms with E-state index in [9.17, 15) is 4.79 Å². The predicted octanol–water partition coefficient (Wildman–Crippen LogP) is 1.24. The Hall–Kier alpha value is -0.570. The molecule has 3 nitrogen and oxygen atoms in total. The number of nitrogens with zero attached hydrogens (tertiary/aromatic N) is 1. The van der Waals surface area contributed by atoms with Crippen LogP contribution < -0.4 is 5.32 Å². The van der Waals surface area contributed by atoms with Crippen LogP contribution in [-0.2, 0) is 4.79 Å². The zero-order chi connectivity index (χ0) is 10.7. The highest BCUT2D eigenvalue weighted by molar-refractivity contribution is 5.76. The van der Waals surface area contributed by atoms with Gasteiger partial charge in [0.05, 0.1) is 0 Å². The van der Waals surface area contributed by atoms with E-state index >= 15 is 0 Å². The first-order valence-corrected chi connectivity index (χ1v) is 6.23. The van der Waals surface area contributed by atoms with Crippen molar-refractivity contribution in [2.75, 3.05) is 26.7 Å². The summed E-state index contributed by atoms with van der Waals surface area (Å²) in [6.45, 7) is 2.88. The molecule has 1 aliphatic carbocycles. The minimum atomic E-state index is 0.346. The summed E-state index contributed by atoms with van der Waals surface area (Å²) in [5.41, 5.74) is 0. The molecule has 2 fully saturated rings. The van der Waals surface area contributed by atoms with Gasteiger partial charge in [-0.05, 0) is 31.7 Å². The maximum atomic E-state index is 11.8. The zero-order valence-corrected chi connectivity index (χ0v) is 9.67. The van der Waals surface area contributed by atoms with E-state index in [1.165, 1.54) is 25.7 Å². The number of hydrogen-bond acceptors (Lipinski definition) is 2. The summed E-state index contributed by atoms with van der Waals surface area (Å²) in [6.07, 6.45) is 6.11. The van der Waals surface area contributed by atoms with Gasteiger partial charge in [-0.1, -0.05) is 12.8 Å². The Morgan fingerprint density at radius 3 is 2.40 bits per heavy atom. The highest BCUT2D eigenvalue weighted by Crippen LogP contribution is 2.36. The fourth-order valence-electron chi connectivity index (χ4n) is 3.00. The van der Waals surface area contributed by atoms with Gasteiger partial charge in [-0.25, -0.2) is 0 Å². The van der Waals surface area contributed by atoms with Gasteiger partial charge in [-0.15, -0.1) is 0 Å². The minimum absolute atomic E-state index is 0.346. The molecule has 2 rings (SSSR count). The van der Waals surface area contributed by atoms with Crippen LogP contribution in [0.4, 0.5) is 0 Å². The van der Waals surface area contributed by atoms with Gasteiger partial charge in [0.2, 0.25) is 5.91 Å². The molecule has 2 atom stereocenters. The Morgan fingerprint density at radius 2 is 1.87 bits per heavy atom. The molecule has 0 radical (unpaired) electrons. The molecule has 1 heterocycles. The molecule has 0 aromatic carbocycles. The van der Waals surface area contributed by atoms with Crippen LogP contribution in [0.2, 0.25) is 0 Å². The third-order valence-electron chi connectivity index (χ3n) is 3.92. The average Bonchev–Trinajstić information content (AvgIpc) is 2.69. The van der Waals surface area contributed by atoms with E-state index in [4.69, 9.17) is 0 Å². The summed E-state index contributed by atoms with van der Waals surface area (Å²) in [4.78, 5) is 13.9. The van der Waals surface area contributed by atoms with E-state index in [0.717, 1.165) is 31.5 Å². The van der Waals surface area contributed by atoms with Crippen molar-refractivity contribution in [3.63, 3.8) is 0 Å². The second kappa shape index (κ2) is 4.97. The largest absolute Gasteiger partial charge is 0.342 e. The van der Waals surface area contributed by atoms with Crippen LogP contribution in [0.3, 0.4) is 0 Å². The van der Waals surface area contributed by atoms with Crippen molar-refractivity contribution >= 4 is 5.91 Å². The molecule has 86 valence electrons. The van der Waals surface area contributed by atoms with E-state index in [0.29, 0.717) is 12.3 Å². The highest BCUT2D eigenvalue weighted by atomic mass is 16.2. The summed E-state index contributed by atoms with van der Waals surface area (Å²) in [6, 6.07) is 0. The van der Waals surface area contributed by atoms with Crippen molar-refractivity contribution in [1.82, 2.24) is 10.2 Å². The van der Waals surface area contributed by atoms with Gasteiger partial charge < -0.3 is 10.2 Å². The molecule has 1 saturated carbocycles. The molecular formula is C12H22N2O. The highest BCUT2D eigenvalue weighted by Gasteiger charge is 2.35. The number of likely N-dealkylation sites (tertiary alicyclic amines) is 1. The maximum Gasteiger partial charge on any atom is 0.223 e. The SMILES string of the molecule is CNCCC(=O)N1CC2CCCCC2C1. The van der Waals surface area contributed by atoms with E-state index in [1.807, 2.05) is 7.05 Å². The Balaban J connectivity index is 1.82. The third kappa shape index (κ3) is 2.51. The lowest BCUT2D eigenvalue weighted by atomic mass is 9.82. The van der Waals surface area contributed by atoms with Gasteiger partial charge in [0.25, 0.3) is 0 Å². The van der Waals surface area contributed by atoms with E-state index < -0.39 is 0 Å². The summed E-state index contributed by atoms with van der Waals surface area (Å²) >= 11 is 0. The Labute approximate surface area is 92.2 Å². The Bertz CT molecular complexity index is 216. The van der Waals surface area contributed by atoms with Crippen molar-refractivity contribution in [2.45, 2.75) is 32.1 Å². The molecule has 1 saturated heterocycles. The molecule has 1 amide bonds. The van der Waals surface area contributed by atoms with Crippen LogP contribution in [0, 0.1) is 11.8 Å². The number of amides is 1. The van der Waals surface area contributed by atoms with Crippen molar-refractivity contribution in [1.29, 1.82) is 0 Å². The number of fused-ring (bicyclic) bond motifs is 1. The molecule has 3 heteroatoms. The van der Waals surface area contributed by atoms with Gasteiger partial charge >= 0.3 is 0 Å². The van der Waals surface area contributed by atoms with Crippen molar-refractivity contribution in [3.05, 3.63) is 0 Å². The minimum Gasteiger partial charge on any atom is -0.342 e. The van der Waals surface area contributed by atoms with E-state index in [-0.39, 0.29) is 0 Å². The molecule has 1 N–H and O–H groups in total. The molecule has 0 bridgehead atoms. The van der Waals surface area contributed by atoms with Gasteiger partial charge in [0.1, 0.15) is 0 Å². The van der Waals surface area contributed by atoms with E-state index in [2.05, 4.69) is 10.2 Å². The van der Waals surface area contributed by atoms with Crippen LogP contribution in [-0.4, -0.2) is 37.5 Å². The third-order valence-corrected chi connectivity index (χ3v) is 3.92. The van der Waals surface area contributed by atoms with Crippen LogP contribution in [0.15, 0.2) is 0 Å². The first-order valence-electron chi connectivity index (χ1n) is 6.23. The summed E-state index contributed by atoms with van der Waals surface area (Å²) in [5.74, 6) is 1.98. The fourth-order valence-corrected chi connectivity index (χ4v) is 3.00. The Morgan fingerprint density at radius 1 is 1.27 bits per heavy atom. The fraction of sp³-hybridized carbons (Fsp3) is 0.917. The molecular weight excluding hydrogens is 188 g/mol. The van der Waals surface area contributed by atoms with Gasteiger partial charge in [0.15, 0.2) is 0 Å². The zero-order valence-electron chi connectivity index (χ0n) is 9.67. The second-order valence-electron chi connectivity index (χ2n) is 4.96. The lowest BCUT2D eigenvalue weighted by Gasteiger charge is -2.22. The summed E-state index contributed by atoms with van der Waals surface area (Å²) < 4.78 is 0. The number of hydrogen-bond donors (Lipinski definition) is 1. The van der Waals surface area contributed by atoms with Crippen molar-refractivity contribution in [3.8, 4) is 0 Å². The molecule has 0 spiro atoms. The smallest absolute Gasteiger partial charge is 0.223 e. The first kappa shape index (κ1) is 10.9. The molecule has 1 aliphatic heterocycles. The average molecular weight is 210 g/mol. The maximum absolute atomic E-state index is 11.8. The second-order valence-corrected chi connectivity index (χ2v) is 4.96. The van der Waals surface area contributed by atoms with Crippen LogP contribution in [0.5, 0.6) is 0 Å². The lowest BCUT2D eigenvalue weighted by Crippen LogP contribution is -2.31. The molecule has 2 aliphatic rings. The van der Waals surface area contributed by atoms with Gasteiger partial charge in [0, 0.05) is 26.1 Å². The number of nitrogens with one attached hydrogen (secondary N) is 1. The molecule has 0 aromatic heterocycles. The molecule has 2 unspecified atom stereocenters. The van der Waals surface area contributed by atoms with Crippen LogP contribution in [0.25, 0.3) is 0 Å². The standard InChI is InChI=1S/C12H22N2O/c1-13-7-6-12(15)14-8-10-4-2-3-5-11(10)9-14/h10-11,13H,2-9H2,1H3. The van der Waals surface area contributed by atoms with Gasteiger partial charge in [-0.2, -0.15) is 0 Å². The number of rotatable bonds is 3. The Kier molecular flexibility index (Phi) is 3.62. The number of carbonyl (C=O) groups is 1. The van der Waals surface area contributed by atoms with Crippen molar-refractivity contribution in [2.24, 2.45) is 11.8 Å². The summed E-state index contributed by atoms with van der Waals surface area (Å²) in [5, 5.41) is 3.04. The van der Waals surface area contributed by atoms with Crippen LogP contribution >= 0.6 is 0 Å². The summed E-state index contributed by atoms with van der Waals surface area (Å²) in [7, 11) is 1.90. The lowest BCUT2D eigenvalue weighted by molar-refractivity contribution is -0.130. The monoisotopic (exact) mass is 210 g/mol. The van der Waals surface area contributed by atoms with Gasteiger partial charge in [-0.3, -0.25) is 4.79 Å². The molecule has 0 aromatic rings.